The molecule has 3 aromatic carbocycles. The summed E-state index contributed by atoms with van der Waals surface area (Å²) in [6, 6.07) is 13.6. The van der Waals surface area contributed by atoms with Crippen molar-refractivity contribution in [2.45, 2.75) is 38.0 Å². The van der Waals surface area contributed by atoms with Crippen molar-refractivity contribution in [1.82, 2.24) is 5.32 Å². The van der Waals surface area contributed by atoms with Crippen molar-refractivity contribution in [2.24, 2.45) is 5.92 Å². The van der Waals surface area contributed by atoms with Gasteiger partial charge in [-0.05, 0) is 72.4 Å². The summed E-state index contributed by atoms with van der Waals surface area (Å²) in [6.45, 7) is -3.49. The Bertz CT molecular complexity index is 1890. The summed E-state index contributed by atoms with van der Waals surface area (Å²) in [4.78, 5) is 38.1. The van der Waals surface area contributed by atoms with Crippen molar-refractivity contribution in [2.75, 3.05) is 18.5 Å². The van der Waals surface area contributed by atoms with E-state index in [4.69, 9.17) is 32.7 Å². The minimum atomic E-state index is -3.12. The van der Waals surface area contributed by atoms with Crippen LogP contribution in [-0.2, 0) is 20.7 Å². The van der Waals surface area contributed by atoms with Gasteiger partial charge in [-0.1, -0.05) is 47.5 Å². The predicted molar refractivity (Wildman–Crippen MR) is 178 cm³/mol. The fourth-order valence-electron chi connectivity index (χ4n) is 5.01. The molecule has 0 radical (unpaired) electrons. The fraction of sp³-hybridized carbons (Fsp3) is 0.257. The molecule has 4 aromatic rings. The number of hydrogen-bond acceptors (Lipinski definition) is 8. The number of amides is 1. The number of ether oxygens (including phenoxy) is 3. The molecule has 1 unspecified atom stereocenters. The highest BCUT2D eigenvalue weighted by Crippen LogP contribution is 2.38. The Morgan fingerprint density at radius 1 is 0.961 bits per heavy atom. The van der Waals surface area contributed by atoms with Crippen LogP contribution in [0.1, 0.15) is 52.0 Å². The molecule has 1 fully saturated rings. The molecule has 11 nitrogen and oxygen atoms in total. The maximum Gasteiger partial charge on any atom is 0.387 e. The number of pyridine rings is 1. The van der Waals surface area contributed by atoms with Crippen LogP contribution in [0.25, 0.3) is 0 Å². The highest BCUT2D eigenvalue weighted by atomic mass is 35.5. The number of anilines is 1. The molecule has 1 aromatic heterocycles. The molecule has 16 heteroatoms. The van der Waals surface area contributed by atoms with Crippen LogP contribution < -0.4 is 24.8 Å². The van der Waals surface area contributed by atoms with Gasteiger partial charge in [-0.3, -0.25) is 9.59 Å². The molecule has 3 N–H and O–H groups in total. The number of carbonyl (C=O) groups excluding carboxylic acids is 2. The average molecular weight is 749 g/mol. The van der Waals surface area contributed by atoms with Gasteiger partial charge in [0.05, 0.1) is 6.61 Å². The van der Waals surface area contributed by atoms with Gasteiger partial charge in [-0.25, -0.2) is 9.18 Å². The quantitative estimate of drug-likeness (QED) is 0.0651. The summed E-state index contributed by atoms with van der Waals surface area (Å²) < 4.78 is 56.5. The second-order valence-electron chi connectivity index (χ2n) is 11.5. The number of aromatic nitrogens is 1. The van der Waals surface area contributed by atoms with E-state index in [2.05, 4.69) is 15.4 Å². The Labute approximate surface area is 299 Å². The Balaban J connectivity index is 1.32. The third-order valence-corrected chi connectivity index (χ3v) is 8.36. The zero-order valence-electron chi connectivity index (χ0n) is 26.5. The van der Waals surface area contributed by atoms with Crippen molar-refractivity contribution < 1.29 is 51.6 Å². The molecule has 268 valence electrons. The number of aliphatic carboxylic acids is 1. The van der Waals surface area contributed by atoms with E-state index in [-0.39, 0.29) is 68.4 Å². The number of rotatable bonds is 16. The zero-order chi connectivity index (χ0) is 36.7. The fourth-order valence-corrected chi connectivity index (χ4v) is 5.61. The van der Waals surface area contributed by atoms with Gasteiger partial charge in [0.2, 0.25) is 0 Å². The lowest BCUT2D eigenvalue weighted by Gasteiger charge is -2.21. The van der Waals surface area contributed by atoms with Gasteiger partial charge in [0.25, 0.3) is 5.91 Å². The highest BCUT2D eigenvalue weighted by molar-refractivity contribution is 6.35. The van der Waals surface area contributed by atoms with Crippen LogP contribution in [0, 0.1) is 16.9 Å². The molecular weight excluding hydrogens is 718 g/mol. The number of carbonyl (C=O) groups is 3. The summed E-state index contributed by atoms with van der Waals surface area (Å²) in [6.07, 6.45) is 2.68. The van der Waals surface area contributed by atoms with E-state index in [1.54, 1.807) is 0 Å². The minimum Gasteiger partial charge on any atom is -0.619 e. The van der Waals surface area contributed by atoms with Crippen molar-refractivity contribution in [3.63, 3.8) is 0 Å². The molecule has 2 atom stereocenters. The van der Waals surface area contributed by atoms with E-state index >= 15 is 0 Å². The molecule has 0 saturated heterocycles. The van der Waals surface area contributed by atoms with Crippen molar-refractivity contribution in [1.29, 1.82) is 0 Å². The molecule has 5 rings (SSSR count). The molecule has 1 heterocycles. The summed E-state index contributed by atoms with van der Waals surface area (Å²) in [5.74, 6) is -3.47. The van der Waals surface area contributed by atoms with Gasteiger partial charge in [0.1, 0.15) is 28.5 Å². The second kappa shape index (κ2) is 16.7. The number of nitrogens with zero attached hydrogens (tertiary/aromatic N) is 1. The topological polar surface area (TPSA) is 150 Å². The van der Waals surface area contributed by atoms with Crippen LogP contribution in [0.15, 0.2) is 79.1 Å². The van der Waals surface area contributed by atoms with E-state index in [1.165, 1.54) is 60.7 Å². The van der Waals surface area contributed by atoms with Gasteiger partial charge in [-0.2, -0.15) is 13.5 Å². The zero-order valence-corrected chi connectivity index (χ0v) is 28.0. The first kappa shape index (κ1) is 37.1. The third kappa shape index (κ3) is 10.4. The third-order valence-electron chi connectivity index (χ3n) is 7.71. The molecule has 0 spiro atoms. The normalized spacial score (nSPS) is 13.6. The lowest BCUT2D eigenvalue weighted by Crippen LogP contribution is -2.32. The predicted octanol–water partition coefficient (Wildman–Crippen LogP) is 6.65. The summed E-state index contributed by atoms with van der Waals surface area (Å²) in [5.41, 5.74) is 0.990. The van der Waals surface area contributed by atoms with Gasteiger partial charge in [0, 0.05) is 23.2 Å². The molecular formula is C35H30Cl2F3N3O8. The van der Waals surface area contributed by atoms with Gasteiger partial charge < -0.3 is 35.2 Å². The average Bonchev–Trinajstić information content (AvgIpc) is 3.91. The Morgan fingerprint density at radius 3 is 2.35 bits per heavy atom. The lowest BCUT2D eigenvalue weighted by atomic mass is 10.0. The number of hydrogen-bond donors (Lipinski definition) is 3. The van der Waals surface area contributed by atoms with Crippen molar-refractivity contribution in [3.05, 3.63) is 122 Å². The number of alkyl halides is 2. The van der Waals surface area contributed by atoms with Crippen LogP contribution in [0.5, 0.6) is 11.5 Å². The van der Waals surface area contributed by atoms with Crippen LogP contribution in [0.4, 0.5) is 18.9 Å². The van der Waals surface area contributed by atoms with Crippen molar-refractivity contribution >= 4 is 46.7 Å². The molecule has 51 heavy (non-hydrogen) atoms. The molecule has 0 aliphatic heterocycles. The number of carboxylic acids is 1. The monoisotopic (exact) mass is 747 g/mol. The van der Waals surface area contributed by atoms with E-state index in [0.29, 0.717) is 4.73 Å². The number of benzene rings is 3. The lowest BCUT2D eigenvalue weighted by molar-refractivity contribution is -0.605. The Kier molecular flexibility index (Phi) is 12.1. The highest BCUT2D eigenvalue weighted by Gasteiger charge is 2.27. The van der Waals surface area contributed by atoms with Crippen LogP contribution >= 0.6 is 23.2 Å². The summed E-state index contributed by atoms with van der Waals surface area (Å²) >= 11 is 12.6. The van der Waals surface area contributed by atoms with E-state index < -0.39 is 49.0 Å². The van der Waals surface area contributed by atoms with Gasteiger partial charge in [0.15, 0.2) is 29.9 Å². The summed E-state index contributed by atoms with van der Waals surface area (Å²) in [5, 5.41) is 26.7. The molecule has 1 amide bonds. The molecule has 1 saturated carbocycles. The number of halogens is 5. The van der Waals surface area contributed by atoms with E-state index in [1.807, 2.05) is 0 Å². The van der Waals surface area contributed by atoms with Crippen LogP contribution in [-0.4, -0.2) is 42.7 Å². The minimum absolute atomic E-state index is 0.00673. The molecule has 0 bridgehead atoms. The molecule has 1 aliphatic rings. The first-order chi connectivity index (χ1) is 24.4. The first-order valence-electron chi connectivity index (χ1n) is 15.5. The number of carboxylic acid groups (broad SMARTS) is 1. The Morgan fingerprint density at radius 2 is 1.69 bits per heavy atom. The SMILES string of the molecule is O=C(CNC(=O)c1cccc(NC(C(=O)O)c2cccc(F)c2)c1)O[C@@H](Cc1c(Cl)c[n+]([O-])cc1Cl)c1ccc(OC(F)F)c(OCC2CC2)c1. The largest absolute Gasteiger partial charge is 0.619 e. The van der Waals surface area contributed by atoms with E-state index in [9.17, 15) is 37.9 Å². The summed E-state index contributed by atoms with van der Waals surface area (Å²) in [7, 11) is 0. The maximum absolute atomic E-state index is 13.7. The maximum atomic E-state index is 13.7. The number of esters is 1. The standard InChI is InChI=1S/C35H30Cl2F3N3O8/c36-26-16-43(48)17-27(37)25(26)14-29(20-9-10-28(51-35(39)40)30(13-20)49-18-19-7-8-19)50-31(44)15-41-33(45)22-4-2-6-24(12-22)42-32(34(46)47)21-3-1-5-23(38)11-21/h1-6,9-13,16-17,19,29,32,35,42H,7-8,14-15,18H2,(H,41,45)(H,46,47)/t29-,32?/m0/s1. The smallest absolute Gasteiger partial charge is 0.387 e. The van der Waals surface area contributed by atoms with Gasteiger partial charge in [-0.15, -0.1) is 0 Å². The van der Waals surface area contributed by atoms with Crippen LogP contribution in [0.2, 0.25) is 10.0 Å². The second-order valence-corrected chi connectivity index (χ2v) is 12.4. The van der Waals surface area contributed by atoms with E-state index in [0.717, 1.165) is 31.3 Å². The van der Waals surface area contributed by atoms with Crippen molar-refractivity contribution in [3.8, 4) is 11.5 Å². The first-order valence-corrected chi connectivity index (χ1v) is 16.2. The van der Waals surface area contributed by atoms with Gasteiger partial charge >= 0.3 is 18.6 Å². The number of nitrogens with one attached hydrogen (secondary N) is 2. The Hall–Kier alpha value is -5.21. The van der Waals surface area contributed by atoms with Crippen LogP contribution in [0.3, 0.4) is 0 Å². The molecule has 1 aliphatic carbocycles.